The quantitative estimate of drug-likeness (QED) is 0.636. The van der Waals surface area contributed by atoms with Crippen molar-refractivity contribution in [2.24, 2.45) is 0 Å². The Morgan fingerprint density at radius 2 is 1.89 bits per heavy atom. The van der Waals surface area contributed by atoms with Crippen molar-refractivity contribution in [2.45, 2.75) is 39.3 Å². The molecule has 0 aliphatic carbocycles. The molecule has 3 rings (SSSR count). The standard InChI is InChI=1S/C21H24N2O4S/c1-5-16(27-18-9-7-6-8-17(18)26-4)20(24)22-14-10-11-15-19(12-14)28-21(25)23(15)13(2)3/h6-13,16H,5H2,1-4H3,(H,22,24). The first-order valence-corrected chi connectivity index (χ1v) is 10.0. The minimum absolute atomic E-state index is 0.000540. The lowest BCUT2D eigenvalue weighted by Crippen LogP contribution is -2.32. The van der Waals surface area contributed by atoms with Gasteiger partial charge in [0.25, 0.3) is 5.91 Å². The molecule has 0 aliphatic rings. The highest BCUT2D eigenvalue weighted by Crippen LogP contribution is 2.28. The van der Waals surface area contributed by atoms with Gasteiger partial charge in [-0.3, -0.25) is 14.2 Å². The number of benzene rings is 2. The SMILES string of the molecule is CCC(Oc1ccccc1OC)C(=O)Nc1ccc2c(c1)sc(=O)n2C(C)C. The van der Waals surface area contributed by atoms with Crippen LogP contribution in [0.25, 0.3) is 10.2 Å². The number of thiazole rings is 1. The maximum Gasteiger partial charge on any atom is 0.308 e. The van der Waals surface area contributed by atoms with E-state index < -0.39 is 6.10 Å². The Bertz CT molecular complexity index is 1040. The number of hydrogen-bond acceptors (Lipinski definition) is 5. The highest BCUT2D eigenvalue weighted by molar-refractivity contribution is 7.16. The minimum atomic E-state index is -0.661. The Morgan fingerprint density at radius 3 is 2.54 bits per heavy atom. The van der Waals surface area contributed by atoms with Gasteiger partial charge in [-0.05, 0) is 50.6 Å². The van der Waals surface area contributed by atoms with E-state index >= 15 is 0 Å². The average molecular weight is 401 g/mol. The number of carbonyl (C=O) groups is 1. The molecule has 1 heterocycles. The highest BCUT2D eigenvalue weighted by Gasteiger charge is 2.20. The highest BCUT2D eigenvalue weighted by atomic mass is 32.1. The summed E-state index contributed by atoms with van der Waals surface area (Å²) in [6, 6.07) is 12.8. The van der Waals surface area contributed by atoms with Crippen LogP contribution in [0.2, 0.25) is 0 Å². The fourth-order valence-corrected chi connectivity index (χ4v) is 4.07. The van der Waals surface area contributed by atoms with Crippen LogP contribution in [0.1, 0.15) is 33.2 Å². The van der Waals surface area contributed by atoms with Crippen molar-refractivity contribution in [1.82, 2.24) is 4.57 Å². The second-order valence-corrected chi connectivity index (χ2v) is 7.66. The van der Waals surface area contributed by atoms with E-state index in [1.54, 1.807) is 29.9 Å². The summed E-state index contributed by atoms with van der Waals surface area (Å²) >= 11 is 1.18. The Balaban J connectivity index is 1.80. The van der Waals surface area contributed by atoms with Crippen LogP contribution in [-0.4, -0.2) is 23.7 Å². The minimum Gasteiger partial charge on any atom is -0.493 e. The first-order valence-electron chi connectivity index (χ1n) is 9.20. The van der Waals surface area contributed by atoms with Crippen LogP contribution in [0, 0.1) is 0 Å². The molecule has 3 aromatic rings. The van der Waals surface area contributed by atoms with E-state index in [9.17, 15) is 9.59 Å². The number of fused-ring (bicyclic) bond motifs is 1. The maximum absolute atomic E-state index is 12.7. The van der Waals surface area contributed by atoms with Gasteiger partial charge < -0.3 is 14.8 Å². The zero-order valence-electron chi connectivity index (χ0n) is 16.4. The molecular weight excluding hydrogens is 376 g/mol. The molecule has 2 aromatic carbocycles. The zero-order valence-corrected chi connectivity index (χ0v) is 17.2. The lowest BCUT2D eigenvalue weighted by molar-refractivity contribution is -0.122. The molecule has 0 aliphatic heterocycles. The number of carbonyl (C=O) groups excluding carboxylic acids is 1. The molecule has 0 saturated heterocycles. The number of anilines is 1. The summed E-state index contributed by atoms with van der Waals surface area (Å²) in [4.78, 5) is 24.9. The summed E-state index contributed by atoms with van der Waals surface area (Å²) in [6.07, 6.45) is -0.158. The van der Waals surface area contributed by atoms with Crippen molar-refractivity contribution in [3.63, 3.8) is 0 Å². The molecule has 1 atom stereocenters. The Labute approximate surface area is 167 Å². The van der Waals surface area contributed by atoms with Crippen molar-refractivity contribution in [3.05, 3.63) is 52.1 Å². The van der Waals surface area contributed by atoms with Crippen LogP contribution in [0.4, 0.5) is 5.69 Å². The summed E-state index contributed by atoms with van der Waals surface area (Å²) < 4.78 is 13.8. The summed E-state index contributed by atoms with van der Waals surface area (Å²) in [5.41, 5.74) is 1.51. The molecule has 0 saturated carbocycles. The predicted octanol–water partition coefficient (Wildman–Crippen LogP) is 4.45. The van der Waals surface area contributed by atoms with E-state index in [1.165, 1.54) is 11.3 Å². The van der Waals surface area contributed by atoms with Crippen LogP contribution in [0.15, 0.2) is 47.3 Å². The van der Waals surface area contributed by atoms with E-state index in [0.29, 0.717) is 23.6 Å². The van der Waals surface area contributed by atoms with Crippen LogP contribution >= 0.6 is 11.3 Å². The van der Waals surface area contributed by atoms with E-state index in [4.69, 9.17) is 9.47 Å². The van der Waals surface area contributed by atoms with Gasteiger partial charge in [0.1, 0.15) is 0 Å². The number of hydrogen-bond donors (Lipinski definition) is 1. The second kappa shape index (κ2) is 8.48. The number of aromatic nitrogens is 1. The fourth-order valence-electron chi connectivity index (χ4n) is 3.02. The summed E-state index contributed by atoms with van der Waals surface area (Å²) in [6.45, 7) is 5.84. The Kier molecular flexibility index (Phi) is 6.04. The van der Waals surface area contributed by atoms with Crippen LogP contribution in [0.5, 0.6) is 11.5 Å². The number of methoxy groups -OCH3 is 1. The summed E-state index contributed by atoms with van der Waals surface area (Å²) in [5.74, 6) is 0.855. The molecule has 7 heteroatoms. The van der Waals surface area contributed by atoms with E-state index in [2.05, 4.69) is 5.32 Å². The number of rotatable bonds is 7. The number of nitrogens with zero attached hydrogens (tertiary/aromatic N) is 1. The predicted molar refractivity (Wildman–Crippen MR) is 113 cm³/mol. The first kappa shape index (κ1) is 19.9. The lowest BCUT2D eigenvalue weighted by Gasteiger charge is -2.19. The maximum atomic E-state index is 12.7. The van der Waals surface area contributed by atoms with Crippen LogP contribution < -0.4 is 19.7 Å². The van der Waals surface area contributed by atoms with Crippen molar-refractivity contribution in [3.8, 4) is 11.5 Å². The number of nitrogens with one attached hydrogen (secondary N) is 1. The van der Waals surface area contributed by atoms with Gasteiger partial charge in [-0.1, -0.05) is 30.4 Å². The van der Waals surface area contributed by atoms with Crippen molar-refractivity contribution >= 4 is 33.1 Å². The summed E-state index contributed by atoms with van der Waals surface area (Å²) in [5, 5.41) is 2.89. The monoisotopic (exact) mass is 400 g/mol. The summed E-state index contributed by atoms with van der Waals surface area (Å²) in [7, 11) is 1.56. The van der Waals surface area contributed by atoms with Crippen LogP contribution in [-0.2, 0) is 4.79 Å². The first-order chi connectivity index (χ1) is 13.4. The van der Waals surface area contributed by atoms with Crippen molar-refractivity contribution in [2.75, 3.05) is 12.4 Å². The molecule has 148 valence electrons. The third-order valence-electron chi connectivity index (χ3n) is 4.40. The van der Waals surface area contributed by atoms with Gasteiger partial charge in [-0.15, -0.1) is 0 Å². The molecule has 1 aromatic heterocycles. The molecule has 6 nitrogen and oxygen atoms in total. The van der Waals surface area contributed by atoms with Gasteiger partial charge in [0.15, 0.2) is 17.6 Å². The third kappa shape index (κ3) is 4.04. The fraction of sp³-hybridized carbons (Fsp3) is 0.333. The molecule has 0 fully saturated rings. The smallest absolute Gasteiger partial charge is 0.308 e. The number of amides is 1. The molecule has 1 N–H and O–H groups in total. The number of para-hydroxylation sites is 2. The topological polar surface area (TPSA) is 69.6 Å². The van der Waals surface area contributed by atoms with Gasteiger partial charge in [-0.2, -0.15) is 0 Å². The van der Waals surface area contributed by atoms with Gasteiger partial charge >= 0.3 is 4.87 Å². The van der Waals surface area contributed by atoms with Gasteiger partial charge in [-0.25, -0.2) is 0 Å². The average Bonchev–Trinajstić information content (AvgIpc) is 3.01. The zero-order chi connectivity index (χ0) is 20.3. The van der Waals surface area contributed by atoms with Crippen molar-refractivity contribution < 1.29 is 14.3 Å². The molecule has 1 amide bonds. The van der Waals surface area contributed by atoms with Crippen LogP contribution in [0.3, 0.4) is 0 Å². The lowest BCUT2D eigenvalue weighted by atomic mass is 10.2. The largest absolute Gasteiger partial charge is 0.493 e. The van der Waals surface area contributed by atoms with E-state index in [0.717, 1.165) is 10.2 Å². The normalized spacial score (nSPS) is 12.2. The Hall–Kier alpha value is -2.80. The molecule has 0 bridgehead atoms. The molecule has 1 unspecified atom stereocenters. The van der Waals surface area contributed by atoms with Gasteiger partial charge in [0.2, 0.25) is 0 Å². The van der Waals surface area contributed by atoms with E-state index in [1.807, 2.05) is 45.0 Å². The molecule has 0 spiro atoms. The second-order valence-electron chi connectivity index (χ2n) is 6.67. The van der Waals surface area contributed by atoms with Gasteiger partial charge in [0.05, 0.1) is 17.3 Å². The Morgan fingerprint density at radius 1 is 1.18 bits per heavy atom. The van der Waals surface area contributed by atoms with E-state index in [-0.39, 0.29) is 16.8 Å². The van der Waals surface area contributed by atoms with Crippen molar-refractivity contribution in [1.29, 1.82) is 0 Å². The molecule has 0 radical (unpaired) electrons. The third-order valence-corrected chi connectivity index (χ3v) is 5.32. The number of ether oxygens (including phenoxy) is 2. The van der Waals surface area contributed by atoms with Gasteiger partial charge in [0, 0.05) is 11.7 Å². The molecule has 28 heavy (non-hydrogen) atoms. The molecular formula is C21H24N2O4S.